The maximum Gasteiger partial charge on any atom is 0.344 e. The van der Waals surface area contributed by atoms with Crippen LogP contribution in [-0.4, -0.2) is 24.3 Å². The Morgan fingerprint density at radius 3 is 2.92 bits per heavy atom. The average molecular weight is 424 g/mol. The lowest BCUT2D eigenvalue weighted by Gasteiger charge is -2.20. The number of esters is 1. The molecule has 0 fully saturated rings. The summed E-state index contributed by atoms with van der Waals surface area (Å²) in [5.41, 5.74) is 0.837. The van der Waals surface area contributed by atoms with Gasteiger partial charge >= 0.3 is 5.97 Å². The van der Waals surface area contributed by atoms with Crippen LogP contribution < -0.4 is 9.47 Å². The van der Waals surface area contributed by atoms with Gasteiger partial charge in [-0.2, -0.15) is 0 Å². The lowest BCUT2D eigenvalue weighted by atomic mass is 10.1. The molecule has 3 rings (SSSR count). The molecule has 0 radical (unpaired) electrons. The summed E-state index contributed by atoms with van der Waals surface area (Å²) >= 11 is 3.31. The van der Waals surface area contributed by atoms with Crippen LogP contribution in [0.2, 0.25) is 0 Å². The first-order valence-corrected chi connectivity index (χ1v) is 8.37. The van der Waals surface area contributed by atoms with Crippen LogP contribution in [-0.2, 0) is 27.5 Å². The van der Waals surface area contributed by atoms with Crippen molar-refractivity contribution >= 4 is 27.6 Å². The Morgan fingerprint density at radius 1 is 1.31 bits per heavy atom. The average Bonchev–Trinajstić information content (AvgIpc) is 2.64. The smallest absolute Gasteiger partial charge is 0.344 e. The van der Waals surface area contributed by atoms with Gasteiger partial charge in [0.25, 0.3) is 5.69 Å². The zero-order valence-electron chi connectivity index (χ0n) is 13.5. The molecule has 0 unspecified atom stereocenters. The summed E-state index contributed by atoms with van der Waals surface area (Å²) < 4.78 is 21.9. The molecule has 0 saturated heterocycles. The Morgan fingerprint density at radius 2 is 2.15 bits per heavy atom. The largest absolute Gasteiger partial charge is 0.482 e. The summed E-state index contributed by atoms with van der Waals surface area (Å²) in [6.07, 6.45) is 0. The monoisotopic (exact) mass is 423 g/mol. The summed E-state index contributed by atoms with van der Waals surface area (Å²) in [5.74, 6) is 0.365. The summed E-state index contributed by atoms with van der Waals surface area (Å²) in [4.78, 5) is 22.4. The number of ether oxygens (including phenoxy) is 4. The first-order valence-electron chi connectivity index (χ1n) is 7.57. The van der Waals surface area contributed by atoms with Crippen LogP contribution >= 0.6 is 15.9 Å². The van der Waals surface area contributed by atoms with E-state index in [9.17, 15) is 14.9 Å². The number of non-ortho nitro benzene ring substituents is 1. The van der Waals surface area contributed by atoms with E-state index in [-0.39, 0.29) is 32.3 Å². The third-order valence-corrected chi connectivity index (χ3v) is 4.02. The van der Waals surface area contributed by atoms with E-state index in [4.69, 9.17) is 18.9 Å². The number of halogens is 1. The summed E-state index contributed by atoms with van der Waals surface area (Å²) in [5, 5.41) is 11.1. The van der Waals surface area contributed by atoms with Crippen LogP contribution in [0.15, 0.2) is 40.9 Å². The number of nitro benzene ring substituents is 1. The van der Waals surface area contributed by atoms with E-state index in [0.717, 1.165) is 4.47 Å². The molecule has 136 valence electrons. The van der Waals surface area contributed by atoms with E-state index in [1.165, 1.54) is 12.1 Å². The predicted octanol–water partition coefficient (Wildman–Crippen LogP) is 3.35. The number of hydrogen-bond acceptors (Lipinski definition) is 7. The van der Waals surface area contributed by atoms with Gasteiger partial charge in [-0.05, 0) is 18.2 Å². The van der Waals surface area contributed by atoms with Crippen molar-refractivity contribution in [1.29, 1.82) is 0 Å². The highest BCUT2D eigenvalue weighted by atomic mass is 79.9. The van der Waals surface area contributed by atoms with Crippen molar-refractivity contribution in [2.24, 2.45) is 0 Å². The fraction of sp³-hybridized carbons (Fsp3) is 0.235. The van der Waals surface area contributed by atoms with Crippen molar-refractivity contribution in [3.05, 3.63) is 62.1 Å². The van der Waals surface area contributed by atoms with Gasteiger partial charge in [-0.1, -0.05) is 22.0 Å². The SMILES string of the molecule is O=C(COc1cccc(Br)c1)OCc1cc([N+](=O)[O-])cc2c1OCOC2. The molecule has 1 aliphatic heterocycles. The van der Waals surface area contributed by atoms with Crippen LogP contribution in [0.1, 0.15) is 11.1 Å². The van der Waals surface area contributed by atoms with Gasteiger partial charge in [0.15, 0.2) is 13.4 Å². The first-order chi connectivity index (χ1) is 12.5. The maximum atomic E-state index is 11.9. The van der Waals surface area contributed by atoms with Crippen LogP contribution in [0.5, 0.6) is 11.5 Å². The Hall–Kier alpha value is -2.65. The Bertz CT molecular complexity index is 840. The zero-order valence-corrected chi connectivity index (χ0v) is 15.1. The number of rotatable bonds is 6. The fourth-order valence-electron chi connectivity index (χ4n) is 2.39. The minimum atomic E-state index is -0.600. The van der Waals surface area contributed by atoms with E-state index in [1.807, 2.05) is 6.07 Å². The van der Waals surface area contributed by atoms with Crippen molar-refractivity contribution in [2.45, 2.75) is 13.2 Å². The minimum absolute atomic E-state index is 0.0394. The van der Waals surface area contributed by atoms with Gasteiger partial charge < -0.3 is 18.9 Å². The fourth-order valence-corrected chi connectivity index (χ4v) is 2.77. The predicted molar refractivity (Wildman–Crippen MR) is 92.8 cm³/mol. The third-order valence-electron chi connectivity index (χ3n) is 3.52. The number of carbonyl (C=O) groups excluding carboxylic acids is 1. The molecule has 0 saturated carbocycles. The lowest BCUT2D eigenvalue weighted by Crippen LogP contribution is -2.17. The normalized spacial score (nSPS) is 12.7. The molecule has 1 heterocycles. The molecule has 0 aromatic heterocycles. The van der Waals surface area contributed by atoms with E-state index in [1.54, 1.807) is 18.2 Å². The molecule has 1 aliphatic rings. The van der Waals surface area contributed by atoms with E-state index in [2.05, 4.69) is 15.9 Å². The second kappa shape index (κ2) is 8.15. The first kappa shape index (κ1) is 18.2. The molecule has 0 atom stereocenters. The van der Waals surface area contributed by atoms with Crippen LogP contribution in [0.25, 0.3) is 0 Å². The van der Waals surface area contributed by atoms with Crippen molar-refractivity contribution in [2.75, 3.05) is 13.4 Å². The van der Waals surface area contributed by atoms with Crippen LogP contribution in [0, 0.1) is 10.1 Å². The molecule has 2 aromatic rings. The van der Waals surface area contributed by atoms with E-state index >= 15 is 0 Å². The van der Waals surface area contributed by atoms with Crippen molar-refractivity contribution in [1.82, 2.24) is 0 Å². The van der Waals surface area contributed by atoms with Crippen LogP contribution in [0.3, 0.4) is 0 Å². The van der Waals surface area contributed by atoms with Gasteiger partial charge in [0.05, 0.1) is 11.5 Å². The second-order valence-electron chi connectivity index (χ2n) is 5.37. The number of nitrogens with zero attached hydrogens (tertiary/aromatic N) is 1. The van der Waals surface area contributed by atoms with Crippen molar-refractivity contribution < 1.29 is 28.7 Å². The highest BCUT2D eigenvalue weighted by Gasteiger charge is 2.21. The molecule has 0 spiro atoms. The Balaban J connectivity index is 1.64. The van der Waals surface area contributed by atoms with E-state index < -0.39 is 10.9 Å². The molecular weight excluding hydrogens is 410 g/mol. The van der Waals surface area contributed by atoms with Gasteiger partial charge in [0.2, 0.25) is 0 Å². The van der Waals surface area contributed by atoms with Gasteiger partial charge in [-0.25, -0.2) is 4.79 Å². The quantitative estimate of drug-likeness (QED) is 0.399. The number of hydrogen-bond donors (Lipinski definition) is 0. The van der Waals surface area contributed by atoms with Crippen molar-refractivity contribution in [3.8, 4) is 11.5 Å². The molecule has 0 N–H and O–H groups in total. The van der Waals surface area contributed by atoms with Gasteiger partial charge in [-0.3, -0.25) is 10.1 Å². The molecule has 2 aromatic carbocycles. The van der Waals surface area contributed by atoms with Gasteiger partial charge in [-0.15, -0.1) is 0 Å². The highest BCUT2D eigenvalue weighted by molar-refractivity contribution is 9.10. The summed E-state index contributed by atoms with van der Waals surface area (Å²) in [7, 11) is 0. The topological polar surface area (TPSA) is 97.1 Å². The number of fused-ring (bicyclic) bond motifs is 1. The standard InChI is InChI=1S/C17H14BrNO7/c18-13-2-1-3-15(6-13)24-9-16(20)25-8-12-5-14(19(21)22)4-11-7-23-10-26-17(11)12/h1-6H,7-10H2. The highest BCUT2D eigenvalue weighted by Crippen LogP contribution is 2.33. The third kappa shape index (κ3) is 4.50. The molecule has 0 bridgehead atoms. The summed E-state index contributed by atoms with van der Waals surface area (Å²) in [6, 6.07) is 9.75. The van der Waals surface area contributed by atoms with Gasteiger partial charge in [0.1, 0.15) is 18.1 Å². The lowest BCUT2D eigenvalue weighted by molar-refractivity contribution is -0.385. The molecule has 8 nitrogen and oxygen atoms in total. The molecule has 0 aliphatic carbocycles. The van der Waals surface area contributed by atoms with Gasteiger partial charge in [0, 0.05) is 27.7 Å². The molecule has 0 amide bonds. The molecular formula is C17H14BrNO7. The summed E-state index contributed by atoms with van der Waals surface area (Å²) in [6.45, 7) is -0.204. The van der Waals surface area contributed by atoms with Crippen LogP contribution in [0.4, 0.5) is 5.69 Å². The second-order valence-corrected chi connectivity index (χ2v) is 6.28. The Labute approximate surface area is 156 Å². The maximum absolute atomic E-state index is 11.9. The number of nitro groups is 1. The number of carbonyl (C=O) groups is 1. The molecule has 26 heavy (non-hydrogen) atoms. The van der Waals surface area contributed by atoms with E-state index in [0.29, 0.717) is 22.6 Å². The Kier molecular flexibility index (Phi) is 5.69. The molecule has 9 heteroatoms. The number of benzene rings is 2. The van der Waals surface area contributed by atoms with Crippen molar-refractivity contribution in [3.63, 3.8) is 0 Å². The zero-order chi connectivity index (χ0) is 18.5. The minimum Gasteiger partial charge on any atom is -0.482 e.